The number of Topliss-reactive ketones (excluding diaryl/α,β-unsaturated/α-hetero) is 1. The number of hydrogen-bond acceptors (Lipinski definition) is 3. The number of carbonyl (C=O) groups excluding carboxylic acids is 1. The number of benzene rings is 1. The number of ketones is 1. The Morgan fingerprint density at radius 3 is 2.88 bits per heavy atom. The van der Waals surface area contributed by atoms with E-state index in [-0.39, 0.29) is 6.42 Å². The van der Waals surface area contributed by atoms with Crippen LogP contribution in [-0.4, -0.2) is 32.7 Å². The lowest BCUT2D eigenvalue weighted by Gasteiger charge is -2.31. The topological polar surface area (TPSA) is 73.3 Å². The van der Waals surface area contributed by atoms with Gasteiger partial charge in [-0.1, -0.05) is 18.2 Å². The molecule has 0 saturated carbocycles. The summed E-state index contributed by atoms with van der Waals surface area (Å²) in [6, 6.07) is 7.55. The van der Waals surface area contributed by atoms with Gasteiger partial charge in [-0.2, -0.15) is 0 Å². The molecular formula is C13H13NO3. The van der Waals surface area contributed by atoms with Crippen LogP contribution < -0.4 is 0 Å². The van der Waals surface area contributed by atoms with Gasteiger partial charge in [0.05, 0.1) is 11.8 Å². The molecule has 17 heavy (non-hydrogen) atoms. The molecule has 1 heterocycles. The van der Waals surface area contributed by atoms with Gasteiger partial charge in [-0.15, -0.1) is 0 Å². The number of hydrogen-bond donors (Lipinski definition) is 3. The highest BCUT2D eigenvalue weighted by molar-refractivity contribution is 6.08. The molecule has 0 saturated heterocycles. The van der Waals surface area contributed by atoms with Crippen molar-refractivity contribution in [1.29, 1.82) is 0 Å². The maximum absolute atomic E-state index is 12.1. The largest absolute Gasteiger partial charge is 0.389 e. The van der Waals surface area contributed by atoms with Crippen LogP contribution in [0.25, 0.3) is 10.9 Å². The summed E-state index contributed by atoms with van der Waals surface area (Å²) < 4.78 is 0. The molecule has 0 spiro atoms. The highest BCUT2D eigenvalue weighted by Crippen LogP contribution is 2.33. The fourth-order valence-electron chi connectivity index (χ4n) is 2.40. The molecule has 1 aromatic heterocycles. The molecule has 0 aliphatic heterocycles. The first-order chi connectivity index (χ1) is 8.01. The average molecular weight is 231 g/mol. The van der Waals surface area contributed by atoms with Crippen molar-refractivity contribution in [3.63, 3.8) is 0 Å². The summed E-state index contributed by atoms with van der Waals surface area (Å²) in [6.07, 6.45) is -0.764. The maximum atomic E-state index is 12.1. The number of aromatic nitrogens is 1. The van der Waals surface area contributed by atoms with Crippen molar-refractivity contribution in [2.24, 2.45) is 0 Å². The average Bonchev–Trinajstić information content (AvgIpc) is 2.66. The van der Waals surface area contributed by atoms with E-state index in [0.717, 1.165) is 16.5 Å². The van der Waals surface area contributed by atoms with Gasteiger partial charge in [0.2, 0.25) is 5.78 Å². The Hall–Kier alpha value is -1.65. The SMILES string of the molecule is C[C@@]1(O)C(=O)c2[nH]c3ccccc3c2C[C@H]1O. The third-order valence-corrected chi connectivity index (χ3v) is 3.55. The Kier molecular flexibility index (Phi) is 1.97. The van der Waals surface area contributed by atoms with Gasteiger partial charge >= 0.3 is 0 Å². The van der Waals surface area contributed by atoms with E-state index in [1.807, 2.05) is 24.3 Å². The standard InChI is InChI=1S/C13H13NO3/c1-13(17)10(15)6-8-7-4-2-3-5-9(7)14-11(8)12(13)16/h2-5,10,14-15,17H,6H2,1H3/t10-,13+/m1/s1. The fourth-order valence-corrected chi connectivity index (χ4v) is 2.40. The number of aromatic amines is 1. The first kappa shape index (κ1) is 10.5. The third kappa shape index (κ3) is 1.28. The van der Waals surface area contributed by atoms with E-state index in [0.29, 0.717) is 5.69 Å². The second-order valence-electron chi connectivity index (χ2n) is 4.72. The number of nitrogens with one attached hydrogen (secondary N) is 1. The number of aliphatic hydroxyl groups excluding tert-OH is 1. The number of fused-ring (bicyclic) bond motifs is 3. The van der Waals surface area contributed by atoms with Gasteiger partial charge in [0.25, 0.3) is 0 Å². The van der Waals surface area contributed by atoms with E-state index < -0.39 is 17.5 Å². The lowest BCUT2D eigenvalue weighted by atomic mass is 9.81. The first-order valence-corrected chi connectivity index (χ1v) is 5.56. The van der Waals surface area contributed by atoms with Crippen molar-refractivity contribution in [1.82, 2.24) is 4.98 Å². The van der Waals surface area contributed by atoms with E-state index in [9.17, 15) is 15.0 Å². The molecule has 0 fully saturated rings. The summed E-state index contributed by atoms with van der Waals surface area (Å²) in [7, 11) is 0. The minimum absolute atomic E-state index is 0.290. The molecule has 0 unspecified atom stereocenters. The van der Waals surface area contributed by atoms with Crippen molar-refractivity contribution in [2.75, 3.05) is 0 Å². The van der Waals surface area contributed by atoms with Crippen molar-refractivity contribution >= 4 is 16.7 Å². The Balaban J connectivity index is 2.30. The molecule has 88 valence electrons. The van der Waals surface area contributed by atoms with Gasteiger partial charge in [-0.05, 0) is 18.6 Å². The lowest BCUT2D eigenvalue weighted by Crippen LogP contribution is -2.51. The molecule has 0 amide bonds. The van der Waals surface area contributed by atoms with E-state index in [4.69, 9.17) is 0 Å². The van der Waals surface area contributed by atoms with Gasteiger partial charge in [-0.25, -0.2) is 0 Å². The first-order valence-electron chi connectivity index (χ1n) is 5.56. The molecule has 3 rings (SSSR count). The monoisotopic (exact) mass is 231 g/mol. The summed E-state index contributed by atoms with van der Waals surface area (Å²) in [4.78, 5) is 15.1. The lowest BCUT2D eigenvalue weighted by molar-refractivity contribution is -0.0429. The minimum atomic E-state index is -1.70. The highest BCUT2D eigenvalue weighted by Gasteiger charge is 2.45. The quantitative estimate of drug-likeness (QED) is 0.633. The van der Waals surface area contributed by atoms with Gasteiger partial charge in [0.1, 0.15) is 0 Å². The normalized spacial score (nSPS) is 28.4. The van der Waals surface area contributed by atoms with Crippen LogP contribution >= 0.6 is 0 Å². The summed E-state index contributed by atoms with van der Waals surface area (Å²) in [5, 5.41) is 20.7. The predicted molar refractivity (Wildman–Crippen MR) is 63.0 cm³/mol. The Morgan fingerprint density at radius 1 is 1.41 bits per heavy atom. The molecule has 1 aromatic carbocycles. The Bertz CT molecular complexity index is 612. The zero-order valence-electron chi connectivity index (χ0n) is 9.40. The molecule has 2 atom stereocenters. The molecule has 2 aromatic rings. The van der Waals surface area contributed by atoms with Crippen LogP contribution in [-0.2, 0) is 6.42 Å². The van der Waals surface area contributed by atoms with Crippen molar-refractivity contribution in [3.05, 3.63) is 35.5 Å². The van der Waals surface area contributed by atoms with E-state index >= 15 is 0 Å². The Labute approximate surface area is 97.9 Å². The molecule has 4 heteroatoms. The molecule has 1 aliphatic rings. The summed E-state index contributed by atoms with van der Waals surface area (Å²) >= 11 is 0. The van der Waals surface area contributed by atoms with E-state index in [1.54, 1.807) is 0 Å². The number of para-hydroxylation sites is 1. The summed E-state index contributed by atoms with van der Waals surface area (Å²) in [6.45, 7) is 1.36. The predicted octanol–water partition coefficient (Wildman–Crippen LogP) is 1.02. The van der Waals surface area contributed by atoms with Gasteiger partial charge < -0.3 is 15.2 Å². The molecule has 1 aliphatic carbocycles. The number of H-pyrrole nitrogens is 1. The summed E-state index contributed by atoms with van der Waals surface area (Å²) in [5.41, 5.74) is 0.371. The van der Waals surface area contributed by atoms with E-state index in [1.165, 1.54) is 6.92 Å². The zero-order chi connectivity index (χ0) is 12.2. The van der Waals surface area contributed by atoms with Crippen LogP contribution in [0.15, 0.2) is 24.3 Å². The second-order valence-corrected chi connectivity index (χ2v) is 4.72. The molecule has 3 N–H and O–H groups in total. The molecule has 0 radical (unpaired) electrons. The smallest absolute Gasteiger partial charge is 0.213 e. The van der Waals surface area contributed by atoms with Gasteiger partial charge in [-0.3, -0.25) is 4.79 Å². The highest BCUT2D eigenvalue weighted by atomic mass is 16.3. The van der Waals surface area contributed by atoms with Crippen LogP contribution in [0.4, 0.5) is 0 Å². The van der Waals surface area contributed by atoms with Gasteiger partial charge in [0.15, 0.2) is 5.60 Å². The third-order valence-electron chi connectivity index (χ3n) is 3.55. The van der Waals surface area contributed by atoms with Gasteiger partial charge in [0, 0.05) is 17.3 Å². The summed E-state index contributed by atoms with van der Waals surface area (Å²) in [5.74, 6) is -0.442. The maximum Gasteiger partial charge on any atom is 0.213 e. The number of aliphatic hydroxyl groups is 2. The molecule has 4 nitrogen and oxygen atoms in total. The number of rotatable bonds is 0. The Morgan fingerprint density at radius 2 is 2.12 bits per heavy atom. The second kappa shape index (κ2) is 3.18. The van der Waals surface area contributed by atoms with Crippen molar-refractivity contribution in [3.8, 4) is 0 Å². The molecular weight excluding hydrogens is 218 g/mol. The van der Waals surface area contributed by atoms with Crippen LogP contribution in [0, 0.1) is 0 Å². The minimum Gasteiger partial charge on any atom is -0.389 e. The van der Waals surface area contributed by atoms with Crippen LogP contribution in [0.5, 0.6) is 0 Å². The van der Waals surface area contributed by atoms with Crippen LogP contribution in [0.1, 0.15) is 23.0 Å². The van der Waals surface area contributed by atoms with E-state index in [2.05, 4.69) is 4.98 Å². The van der Waals surface area contributed by atoms with Crippen molar-refractivity contribution in [2.45, 2.75) is 25.0 Å². The van der Waals surface area contributed by atoms with Crippen LogP contribution in [0.2, 0.25) is 0 Å². The number of carbonyl (C=O) groups is 1. The van der Waals surface area contributed by atoms with Crippen LogP contribution in [0.3, 0.4) is 0 Å². The molecule has 0 bridgehead atoms. The fraction of sp³-hybridized carbons (Fsp3) is 0.308. The van der Waals surface area contributed by atoms with Crippen molar-refractivity contribution < 1.29 is 15.0 Å². The zero-order valence-corrected chi connectivity index (χ0v) is 9.40.